The third-order valence-corrected chi connectivity index (χ3v) is 11.5. The fourth-order valence-corrected chi connectivity index (χ4v) is 8.05. The second-order valence-electron chi connectivity index (χ2n) is 14.3. The Morgan fingerprint density at radius 1 is 1.06 bits per heavy atom. The molecule has 0 saturated carbocycles. The molecule has 1 saturated heterocycles. The summed E-state index contributed by atoms with van der Waals surface area (Å²) in [5.41, 5.74) is 9.04. The Balaban J connectivity index is 0.00000504. The fourth-order valence-electron chi connectivity index (χ4n) is 8.05. The second-order valence-corrected chi connectivity index (χ2v) is 14.3. The molecule has 6 rings (SSSR count). The topological polar surface area (TPSA) is 129 Å². The van der Waals surface area contributed by atoms with Crippen molar-refractivity contribution in [2.24, 2.45) is 29.6 Å². The molecule has 1 aliphatic carbocycles. The zero-order valence-corrected chi connectivity index (χ0v) is 32.6. The predicted molar refractivity (Wildman–Crippen MR) is 199 cm³/mol. The zero-order valence-electron chi connectivity index (χ0n) is 31.2. The van der Waals surface area contributed by atoms with E-state index in [9.17, 15) is 14.7 Å². The number of nitrogens with zero attached hydrogens (tertiary/aromatic N) is 4. The number of aliphatic hydroxyl groups is 1. The van der Waals surface area contributed by atoms with Crippen molar-refractivity contribution in [3.63, 3.8) is 0 Å². The van der Waals surface area contributed by atoms with Gasteiger partial charge in [0, 0.05) is 12.3 Å². The van der Waals surface area contributed by atoms with Gasteiger partial charge in [-0.1, -0.05) is 92.1 Å². The molecule has 1 N–H and O–H groups in total. The standard InChI is InChI=1S/C41H48N4O5.Mg/c1-10-20(4)15-16-50-34(46)14-13-27-23(7)30-17-28-21(5)25(11-2)32(42-28)18-29-22(6)26(12-3)33(43-29)19-31-24(8)35-39(45-31)36(38(27)44-30)37(40(35)47)41(48)49-9;/h2,17-20,23,25,27,37-38,40,47H,10,12-16H2,1,3-9H3;/q-4;+2/b30-17-,31-19-,32-18-;/t20?,23-,25-,27-,37+,38?,40-;/m0./s1. The molecule has 9 nitrogen and oxygen atoms in total. The van der Waals surface area contributed by atoms with Crippen molar-refractivity contribution in [3.8, 4) is 12.3 Å². The molecule has 0 aromatic carbocycles. The van der Waals surface area contributed by atoms with E-state index in [2.05, 4.69) is 40.5 Å². The summed E-state index contributed by atoms with van der Waals surface area (Å²) in [6.07, 6.45) is 14.2. The molecule has 266 valence electrons. The molecule has 0 radical (unpaired) electrons. The van der Waals surface area contributed by atoms with Crippen molar-refractivity contribution in [3.05, 3.63) is 83.7 Å². The summed E-state index contributed by atoms with van der Waals surface area (Å²) in [5, 5.41) is 23.4. The number of terminal acetylenes is 1. The average molecular weight is 701 g/mol. The van der Waals surface area contributed by atoms with E-state index in [0.717, 1.165) is 70.0 Å². The molecule has 7 atom stereocenters. The van der Waals surface area contributed by atoms with Gasteiger partial charge in [-0.3, -0.25) is 9.59 Å². The van der Waals surface area contributed by atoms with Gasteiger partial charge in [-0.2, -0.15) is 5.70 Å². The molecule has 2 aromatic rings. The van der Waals surface area contributed by atoms with Crippen molar-refractivity contribution < 1.29 is 24.2 Å². The summed E-state index contributed by atoms with van der Waals surface area (Å²) < 4.78 is 10.9. The smallest absolute Gasteiger partial charge is 0.681 e. The maximum absolute atomic E-state index is 13.5. The Morgan fingerprint density at radius 2 is 1.80 bits per heavy atom. The van der Waals surface area contributed by atoms with Gasteiger partial charge in [0.2, 0.25) is 0 Å². The van der Waals surface area contributed by atoms with Crippen LogP contribution in [0.4, 0.5) is 0 Å². The first-order chi connectivity index (χ1) is 23.9. The van der Waals surface area contributed by atoms with Gasteiger partial charge in [-0.05, 0) is 63.4 Å². The van der Waals surface area contributed by atoms with Gasteiger partial charge in [0.25, 0.3) is 0 Å². The Labute approximate surface area is 317 Å². The minimum absolute atomic E-state index is 0. The third-order valence-electron chi connectivity index (χ3n) is 11.5. The van der Waals surface area contributed by atoms with E-state index in [1.165, 1.54) is 7.11 Å². The number of fused-ring (bicyclic) bond motifs is 8. The Kier molecular flexibility index (Phi) is 11.7. The summed E-state index contributed by atoms with van der Waals surface area (Å²) >= 11 is 0. The zero-order chi connectivity index (χ0) is 36.0. The number of ether oxygens (including phenoxy) is 2. The maximum Gasteiger partial charge on any atom is 2.00 e. The molecule has 1 fully saturated rings. The number of aromatic nitrogens is 2. The molecule has 2 unspecified atom stereocenters. The quantitative estimate of drug-likeness (QED) is 0.218. The normalized spacial score (nSPS) is 27.8. The molecule has 5 heterocycles. The molecule has 8 bridgehead atoms. The molecule has 0 amide bonds. The van der Waals surface area contributed by atoms with Crippen LogP contribution in [-0.4, -0.2) is 59.9 Å². The van der Waals surface area contributed by atoms with E-state index in [1.807, 2.05) is 32.1 Å². The number of carbonyl (C=O) groups is 2. The van der Waals surface area contributed by atoms with Gasteiger partial charge in [-0.25, -0.2) is 0 Å². The monoisotopic (exact) mass is 700 g/mol. The molecular weight excluding hydrogens is 653 g/mol. The molecule has 51 heavy (non-hydrogen) atoms. The van der Waals surface area contributed by atoms with Crippen LogP contribution in [0, 0.1) is 55.8 Å². The van der Waals surface area contributed by atoms with Crippen LogP contribution in [0.2, 0.25) is 0 Å². The van der Waals surface area contributed by atoms with Crippen LogP contribution < -0.4 is 20.7 Å². The average Bonchev–Trinajstić information content (AvgIpc) is 3.84. The summed E-state index contributed by atoms with van der Waals surface area (Å²) in [6, 6.07) is -0.544. The van der Waals surface area contributed by atoms with Crippen LogP contribution >= 0.6 is 0 Å². The van der Waals surface area contributed by atoms with E-state index in [0.29, 0.717) is 40.8 Å². The van der Waals surface area contributed by atoms with Crippen molar-refractivity contribution in [1.29, 1.82) is 0 Å². The van der Waals surface area contributed by atoms with Gasteiger partial charge in [0.15, 0.2) is 0 Å². The Hall–Kier alpha value is -3.65. The summed E-state index contributed by atoms with van der Waals surface area (Å²) in [4.78, 5) is 36.6. The van der Waals surface area contributed by atoms with E-state index >= 15 is 0 Å². The number of hydrogen-bond donors (Lipinski definition) is 1. The van der Waals surface area contributed by atoms with Crippen molar-refractivity contribution in [2.75, 3.05) is 13.7 Å². The fraction of sp³-hybridized carbons (Fsp3) is 0.512. The van der Waals surface area contributed by atoms with Crippen LogP contribution in [0.25, 0.3) is 28.4 Å². The molecule has 10 heteroatoms. The largest absolute Gasteiger partial charge is 2.00 e. The van der Waals surface area contributed by atoms with Crippen molar-refractivity contribution >= 4 is 52.7 Å². The van der Waals surface area contributed by atoms with Crippen LogP contribution in [-0.2, 0) is 25.5 Å². The number of rotatable bonds is 9. The van der Waals surface area contributed by atoms with Crippen molar-refractivity contribution in [2.45, 2.75) is 92.7 Å². The van der Waals surface area contributed by atoms with Gasteiger partial charge < -0.3 is 35.2 Å². The SMILES string of the molecule is C#C[C@H]1C(C)=C2/C=C3\[N-]C(C4=c5[n-]/c(c(C)c5[C@H](O)[C@@H]4C(=O)OC)=C\c4[n-]c(c(C)c4CC)/C=C/1[N-]2)[C@@H](CCC(=O)OCCC(C)CC)[C@@H]3C.[Mg+2]. The van der Waals surface area contributed by atoms with E-state index in [1.54, 1.807) is 0 Å². The number of hydrogen-bond acceptors (Lipinski definition) is 5. The Bertz CT molecular complexity index is 1970. The maximum atomic E-state index is 13.5. The van der Waals surface area contributed by atoms with E-state index in [-0.39, 0.29) is 53.2 Å². The minimum atomic E-state index is -1.15. The summed E-state index contributed by atoms with van der Waals surface area (Å²) in [6.45, 7) is 14.9. The van der Waals surface area contributed by atoms with Crippen LogP contribution in [0.15, 0.2) is 28.7 Å². The van der Waals surface area contributed by atoms with Gasteiger partial charge in [-0.15, -0.1) is 39.9 Å². The van der Waals surface area contributed by atoms with Gasteiger partial charge >= 0.3 is 35.0 Å². The van der Waals surface area contributed by atoms with Gasteiger partial charge in [0.05, 0.1) is 19.8 Å². The van der Waals surface area contributed by atoms with Crippen molar-refractivity contribution in [1.82, 2.24) is 9.97 Å². The number of allylic oxidation sites excluding steroid dienone is 3. The number of aliphatic hydroxyl groups excluding tert-OH is 1. The van der Waals surface area contributed by atoms with Crippen LogP contribution in [0.3, 0.4) is 0 Å². The second kappa shape index (κ2) is 15.5. The molecule has 2 aromatic heterocycles. The Morgan fingerprint density at radius 3 is 2.47 bits per heavy atom. The molecule has 4 aliphatic rings. The summed E-state index contributed by atoms with van der Waals surface area (Å²) in [7, 11) is 1.33. The van der Waals surface area contributed by atoms with Crippen LogP contribution in [0.5, 0.6) is 0 Å². The first kappa shape index (κ1) is 38.6. The molecular formula is C41H48MgN4O5-2. The summed E-state index contributed by atoms with van der Waals surface area (Å²) in [5.74, 6) is 1.02. The molecule has 0 spiro atoms. The van der Waals surface area contributed by atoms with E-state index < -0.39 is 24.0 Å². The predicted octanol–water partition coefficient (Wildman–Crippen LogP) is 5.13. The third kappa shape index (κ3) is 6.85. The molecule has 3 aliphatic heterocycles. The van der Waals surface area contributed by atoms with E-state index in [4.69, 9.17) is 36.5 Å². The first-order valence-electron chi connectivity index (χ1n) is 17.9. The first-order valence-corrected chi connectivity index (χ1v) is 17.9. The number of methoxy groups -OCH3 is 1. The van der Waals surface area contributed by atoms with Crippen LogP contribution in [0.1, 0.15) is 100 Å². The van der Waals surface area contributed by atoms with Gasteiger partial charge in [0.1, 0.15) is 5.92 Å². The number of carbonyl (C=O) groups excluding carboxylic acids is 2. The number of esters is 2. The minimum Gasteiger partial charge on any atom is -0.681 e.